The van der Waals surface area contributed by atoms with Gasteiger partial charge in [-0.05, 0) is 6.42 Å². The van der Waals surface area contributed by atoms with Gasteiger partial charge >= 0.3 is 7.82 Å². The Bertz CT molecular complexity index is 706. The van der Waals surface area contributed by atoms with Crippen LogP contribution in [-0.4, -0.2) is 87.8 Å². The van der Waals surface area contributed by atoms with Gasteiger partial charge in [-0.25, -0.2) is 4.57 Å². The Morgan fingerprint density at radius 3 is 2.00 bits per heavy atom. The lowest BCUT2D eigenvalue weighted by Crippen LogP contribution is -2.29. The summed E-state index contributed by atoms with van der Waals surface area (Å²) < 4.78 is 14.0. The number of allylic oxidation sites excluding steroid dienone is 1. The number of ketones is 2. The van der Waals surface area contributed by atoms with Crippen molar-refractivity contribution in [3.05, 3.63) is 23.2 Å². The molecule has 0 atom stereocenters. The molecule has 2 N–H and O–H groups in total. The summed E-state index contributed by atoms with van der Waals surface area (Å²) in [6.07, 6.45) is 1.97. The van der Waals surface area contributed by atoms with Crippen molar-refractivity contribution >= 4 is 31.0 Å². The minimum absolute atomic E-state index is 0.00546. The molecule has 9 nitrogen and oxygen atoms in total. The van der Waals surface area contributed by atoms with Gasteiger partial charge in [-0.2, -0.15) is 0 Å². The van der Waals surface area contributed by atoms with Crippen LogP contribution in [0.15, 0.2) is 23.2 Å². The molecule has 4 rings (SSSR count). The number of halogens is 1. The van der Waals surface area contributed by atoms with Crippen molar-refractivity contribution in [2.24, 2.45) is 0 Å². The normalized spacial score (nSPS) is 21.5. The molecule has 26 heavy (non-hydrogen) atoms. The lowest BCUT2D eigenvalue weighted by atomic mass is 10.0. The molecule has 0 aromatic carbocycles. The second-order valence-corrected chi connectivity index (χ2v) is 7.86. The number of rotatable bonds is 7. The molecule has 0 radical (unpaired) electrons. The molecule has 0 spiro atoms. The van der Waals surface area contributed by atoms with Gasteiger partial charge in [-0.3, -0.25) is 14.1 Å². The molecule has 0 unspecified atom stereocenters. The van der Waals surface area contributed by atoms with E-state index in [1.807, 2.05) is 14.7 Å². The Morgan fingerprint density at radius 1 is 1.00 bits per heavy atom. The maximum Gasteiger partial charge on any atom is 0.469 e. The number of Topliss-reactive ketones (excluding diaryl/α,β-unsaturated/α-hetero) is 1. The number of hydrogen-bond donors (Lipinski definition) is 2. The molecule has 3 aliphatic heterocycles. The number of phosphoric ester groups is 1. The number of hydrogen-bond acceptors (Lipinski definition) is 7. The third-order valence-electron chi connectivity index (χ3n) is 4.03. The fourth-order valence-electron chi connectivity index (χ4n) is 2.51. The average Bonchev–Trinajstić information content (AvgIpc) is 3.41. The van der Waals surface area contributed by atoms with E-state index in [0.29, 0.717) is 29.4 Å². The van der Waals surface area contributed by atoms with Crippen LogP contribution >= 0.6 is 19.4 Å². The molecule has 3 saturated heterocycles. The molecule has 0 amide bonds. The monoisotopic (exact) mass is 405 g/mol. The SMILES string of the molecule is O=C1C=C(N2CC2)C(=O)C(N2CC2)=C1N1CC1.O=P(O)(O)OCCCCl. The first-order chi connectivity index (χ1) is 12.3. The van der Waals surface area contributed by atoms with E-state index >= 15 is 0 Å². The van der Waals surface area contributed by atoms with Crippen LogP contribution in [-0.2, 0) is 18.7 Å². The molecule has 0 aromatic rings. The minimum atomic E-state index is -4.25. The van der Waals surface area contributed by atoms with Crippen LogP contribution in [0.1, 0.15) is 6.42 Å². The molecule has 0 saturated carbocycles. The van der Waals surface area contributed by atoms with Crippen molar-refractivity contribution in [3.8, 4) is 0 Å². The van der Waals surface area contributed by atoms with E-state index in [-0.39, 0.29) is 18.2 Å². The zero-order chi connectivity index (χ0) is 18.9. The molecular formula is C15H21ClN3O6P. The summed E-state index contributed by atoms with van der Waals surface area (Å²) in [5, 5.41) is 0. The Hall–Kier alpha value is -1.38. The molecule has 144 valence electrons. The van der Waals surface area contributed by atoms with Gasteiger partial charge in [0.05, 0.1) is 12.3 Å². The van der Waals surface area contributed by atoms with Crippen LogP contribution in [0.2, 0.25) is 0 Å². The number of phosphoric acid groups is 1. The Labute approximate surface area is 156 Å². The Kier molecular flexibility index (Phi) is 5.74. The summed E-state index contributed by atoms with van der Waals surface area (Å²) >= 11 is 5.20. The van der Waals surface area contributed by atoms with Gasteiger partial charge in [0.1, 0.15) is 11.4 Å². The number of alkyl halides is 1. The highest BCUT2D eigenvalue weighted by molar-refractivity contribution is 7.46. The molecular weight excluding hydrogens is 385 g/mol. The fourth-order valence-corrected chi connectivity index (χ4v) is 2.99. The lowest BCUT2D eigenvalue weighted by molar-refractivity contribution is -0.117. The van der Waals surface area contributed by atoms with Gasteiger partial charge in [0.2, 0.25) is 11.6 Å². The minimum Gasteiger partial charge on any atom is -0.365 e. The predicted octanol–water partition coefficient (Wildman–Crippen LogP) is -0.0949. The molecule has 0 bridgehead atoms. The second kappa shape index (κ2) is 7.70. The van der Waals surface area contributed by atoms with E-state index in [0.717, 1.165) is 39.3 Å². The van der Waals surface area contributed by atoms with Crippen LogP contribution in [0.25, 0.3) is 0 Å². The van der Waals surface area contributed by atoms with Crippen molar-refractivity contribution in [2.45, 2.75) is 6.42 Å². The van der Waals surface area contributed by atoms with E-state index in [4.69, 9.17) is 21.4 Å². The predicted molar refractivity (Wildman–Crippen MR) is 93.2 cm³/mol. The number of carbonyl (C=O) groups excluding carboxylic acids is 2. The van der Waals surface area contributed by atoms with Crippen LogP contribution in [0.3, 0.4) is 0 Å². The third-order valence-corrected chi connectivity index (χ3v) is 4.81. The summed E-state index contributed by atoms with van der Waals surface area (Å²) in [5.74, 6) is 0.396. The van der Waals surface area contributed by atoms with Crippen molar-refractivity contribution < 1.29 is 28.5 Å². The summed E-state index contributed by atoms with van der Waals surface area (Å²) in [4.78, 5) is 46.6. The first kappa shape index (κ1) is 19.4. The average molecular weight is 406 g/mol. The molecule has 3 fully saturated rings. The zero-order valence-electron chi connectivity index (χ0n) is 14.1. The van der Waals surface area contributed by atoms with Crippen molar-refractivity contribution in [1.82, 2.24) is 14.7 Å². The van der Waals surface area contributed by atoms with Crippen molar-refractivity contribution in [3.63, 3.8) is 0 Å². The van der Waals surface area contributed by atoms with Crippen LogP contribution in [0, 0.1) is 0 Å². The Balaban J connectivity index is 0.000000188. The fraction of sp³-hybridized carbons (Fsp3) is 0.600. The van der Waals surface area contributed by atoms with Gasteiger partial charge in [0.25, 0.3) is 0 Å². The smallest absolute Gasteiger partial charge is 0.365 e. The molecule has 4 aliphatic rings. The van der Waals surface area contributed by atoms with Gasteiger partial charge in [0.15, 0.2) is 0 Å². The first-order valence-electron chi connectivity index (χ1n) is 8.37. The standard InChI is InChI=1S/C12H13N3O2.C3H8ClO4P/c16-9-7-8(13-1-2-13)12(17)11(15-5-6-15)10(9)14-3-4-14;4-2-1-3-8-9(5,6)7/h7H,1-6H2;1-3H2,(H2,5,6,7). The maximum atomic E-state index is 12.4. The summed E-state index contributed by atoms with van der Waals surface area (Å²) in [6, 6.07) is 0. The number of carbonyl (C=O) groups is 2. The molecule has 3 heterocycles. The van der Waals surface area contributed by atoms with Crippen molar-refractivity contribution in [1.29, 1.82) is 0 Å². The topological polar surface area (TPSA) is 110 Å². The van der Waals surface area contributed by atoms with E-state index in [1.54, 1.807) is 0 Å². The van der Waals surface area contributed by atoms with E-state index in [2.05, 4.69) is 4.52 Å². The maximum absolute atomic E-state index is 12.4. The summed E-state index contributed by atoms with van der Waals surface area (Å²) in [6.45, 7) is 5.41. The first-order valence-corrected chi connectivity index (χ1v) is 10.4. The zero-order valence-corrected chi connectivity index (χ0v) is 15.8. The van der Waals surface area contributed by atoms with Gasteiger partial charge < -0.3 is 24.5 Å². The second-order valence-electron chi connectivity index (χ2n) is 6.25. The quantitative estimate of drug-likeness (QED) is 0.197. The largest absolute Gasteiger partial charge is 0.469 e. The lowest BCUT2D eigenvalue weighted by Gasteiger charge is -2.21. The van der Waals surface area contributed by atoms with Gasteiger partial charge in [0, 0.05) is 51.2 Å². The highest BCUT2D eigenvalue weighted by atomic mass is 35.5. The molecule has 1 aliphatic carbocycles. The molecule has 0 aromatic heterocycles. The van der Waals surface area contributed by atoms with Gasteiger partial charge in [-0.1, -0.05) is 0 Å². The third kappa shape index (κ3) is 5.08. The highest BCUT2D eigenvalue weighted by Gasteiger charge is 2.43. The Morgan fingerprint density at radius 2 is 1.54 bits per heavy atom. The van der Waals surface area contributed by atoms with Crippen molar-refractivity contribution in [2.75, 3.05) is 51.8 Å². The molecule has 11 heteroatoms. The van der Waals surface area contributed by atoms with E-state index < -0.39 is 7.82 Å². The van der Waals surface area contributed by atoms with E-state index in [9.17, 15) is 14.2 Å². The summed E-state index contributed by atoms with van der Waals surface area (Å²) in [5.41, 5.74) is 1.89. The van der Waals surface area contributed by atoms with Crippen LogP contribution < -0.4 is 0 Å². The van der Waals surface area contributed by atoms with Crippen LogP contribution in [0.4, 0.5) is 0 Å². The number of nitrogens with zero attached hydrogens (tertiary/aromatic N) is 3. The van der Waals surface area contributed by atoms with E-state index in [1.165, 1.54) is 6.08 Å². The van der Waals surface area contributed by atoms with Gasteiger partial charge in [-0.15, -0.1) is 11.6 Å². The highest BCUT2D eigenvalue weighted by Crippen LogP contribution is 2.35. The summed E-state index contributed by atoms with van der Waals surface area (Å²) in [7, 11) is -4.25. The van der Waals surface area contributed by atoms with Crippen LogP contribution in [0.5, 0.6) is 0 Å².